The maximum absolute atomic E-state index is 12.9. The van der Waals surface area contributed by atoms with Crippen LogP contribution in [-0.2, 0) is 16.1 Å². The number of hydrogen-bond acceptors (Lipinski definition) is 6. The van der Waals surface area contributed by atoms with Crippen LogP contribution < -0.4 is 5.56 Å². The highest BCUT2D eigenvalue weighted by molar-refractivity contribution is 7.99. The van der Waals surface area contributed by atoms with E-state index in [0.717, 1.165) is 11.1 Å². The van der Waals surface area contributed by atoms with Gasteiger partial charge in [0.15, 0.2) is 10.9 Å². The van der Waals surface area contributed by atoms with Crippen LogP contribution in [0.15, 0.2) is 52.4 Å². The van der Waals surface area contributed by atoms with Crippen LogP contribution in [0.2, 0.25) is 0 Å². The third kappa shape index (κ3) is 4.74. The molecule has 0 saturated heterocycles. The van der Waals surface area contributed by atoms with Crippen molar-refractivity contribution in [3.05, 3.63) is 69.5 Å². The third-order valence-corrected chi connectivity index (χ3v) is 5.60. The maximum Gasteiger partial charge on any atom is 0.307 e. The van der Waals surface area contributed by atoms with Gasteiger partial charge in [0.1, 0.15) is 0 Å². The zero-order valence-electron chi connectivity index (χ0n) is 16.6. The van der Waals surface area contributed by atoms with E-state index < -0.39 is 5.97 Å². The number of benzene rings is 2. The van der Waals surface area contributed by atoms with Crippen LogP contribution in [-0.4, -0.2) is 34.2 Å². The Morgan fingerprint density at radius 1 is 1.14 bits per heavy atom. The van der Waals surface area contributed by atoms with Gasteiger partial charge < -0.3 is 4.74 Å². The van der Waals surface area contributed by atoms with Crippen LogP contribution >= 0.6 is 11.8 Å². The molecule has 0 radical (unpaired) electrons. The van der Waals surface area contributed by atoms with Gasteiger partial charge in [-0.15, -0.1) is 0 Å². The van der Waals surface area contributed by atoms with Crippen molar-refractivity contribution in [1.82, 2.24) is 9.55 Å². The molecule has 0 atom stereocenters. The molecule has 0 aliphatic carbocycles. The highest BCUT2D eigenvalue weighted by atomic mass is 32.2. The molecule has 6 nitrogen and oxygen atoms in total. The van der Waals surface area contributed by atoms with Crippen LogP contribution in [0, 0.1) is 13.8 Å². The number of para-hydroxylation sites is 1. The summed E-state index contributed by atoms with van der Waals surface area (Å²) in [7, 11) is 1.31. The molecule has 0 unspecified atom stereocenters. The number of carbonyl (C=O) groups excluding carboxylic acids is 2. The number of Topliss-reactive ketones (excluding diaryl/α,β-unsaturated/α-hetero) is 1. The molecular weight excluding hydrogens is 388 g/mol. The first-order valence-corrected chi connectivity index (χ1v) is 10.2. The topological polar surface area (TPSA) is 78.3 Å². The van der Waals surface area contributed by atoms with Crippen molar-refractivity contribution in [2.75, 3.05) is 12.9 Å². The molecule has 150 valence electrons. The van der Waals surface area contributed by atoms with Gasteiger partial charge in [-0.05, 0) is 37.6 Å². The first kappa shape index (κ1) is 20.8. The van der Waals surface area contributed by atoms with Crippen molar-refractivity contribution in [3.8, 4) is 0 Å². The number of fused-ring (bicyclic) bond motifs is 1. The van der Waals surface area contributed by atoms with E-state index in [-0.39, 0.29) is 30.1 Å². The summed E-state index contributed by atoms with van der Waals surface area (Å²) >= 11 is 1.20. The van der Waals surface area contributed by atoms with Gasteiger partial charge in [-0.3, -0.25) is 19.0 Å². The van der Waals surface area contributed by atoms with Gasteiger partial charge >= 0.3 is 5.97 Å². The summed E-state index contributed by atoms with van der Waals surface area (Å²) in [5.74, 6) is -0.293. The number of hydrogen-bond donors (Lipinski definition) is 0. The van der Waals surface area contributed by atoms with Gasteiger partial charge in [0, 0.05) is 12.1 Å². The summed E-state index contributed by atoms with van der Waals surface area (Å²) < 4.78 is 6.13. The molecule has 1 heterocycles. The fourth-order valence-electron chi connectivity index (χ4n) is 3.00. The van der Waals surface area contributed by atoms with E-state index >= 15 is 0 Å². The predicted octanol–water partition coefficient (Wildman–Crippen LogP) is 3.55. The fourth-order valence-corrected chi connectivity index (χ4v) is 3.91. The second-order valence-corrected chi connectivity index (χ2v) is 7.67. The van der Waals surface area contributed by atoms with Crippen molar-refractivity contribution in [2.24, 2.45) is 0 Å². The predicted molar refractivity (Wildman–Crippen MR) is 114 cm³/mol. The van der Waals surface area contributed by atoms with E-state index in [0.29, 0.717) is 21.6 Å². The van der Waals surface area contributed by atoms with Crippen molar-refractivity contribution in [3.63, 3.8) is 0 Å². The van der Waals surface area contributed by atoms with Gasteiger partial charge in [-0.1, -0.05) is 41.6 Å². The normalized spacial score (nSPS) is 10.9. The second-order valence-electron chi connectivity index (χ2n) is 6.72. The molecule has 0 aliphatic rings. The smallest absolute Gasteiger partial charge is 0.307 e. The fraction of sp³-hybridized carbons (Fsp3) is 0.273. The SMILES string of the molecule is COC(=O)CCn1c(SCC(=O)c2cc(C)ccc2C)nc2ccccc2c1=O. The van der Waals surface area contributed by atoms with E-state index in [2.05, 4.69) is 9.72 Å². The number of carbonyl (C=O) groups is 2. The summed E-state index contributed by atoms with van der Waals surface area (Å²) in [6.45, 7) is 3.99. The minimum atomic E-state index is -0.410. The lowest BCUT2D eigenvalue weighted by Crippen LogP contribution is -2.25. The van der Waals surface area contributed by atoms with Crippen LogP contribution in [0.5, 0.6) is 0 Å². The van der Waals surface area contributed by atoms with Crippen LogP contribution in [0.25, 0.3) is 10.9 Å². The molecule has 7 heteroatoms. The largest absolute Gasteiger partial charge is 0.469 e. The van der Waals surface area contributed by atoms with Gasteiger partial charge in [0.05, 0.1) is 30.2 Å². The molecule has 0 saturated carbocycles. The van der Waals surface area contributed by atoms with E-state index in [9.17, 15) is 14.4 Å². The van der Waals surface area contributed by atoms with Crippen LogP contribution in [0.1, 0.15) is 27.9 Å². The Bertz CT molecular complexity index is 1140. The lowest BCUT2D eigenvalue weighted by molar-refractivity contribution is -0.140. The number of ketones is 1. The van der Waals surface area contributed by atoms with Crippen LogP contribution in [0.4, 0.5) is 0 Å². The summed E-state index contributed by atoms with van der Waals surface area (Å²) in [4.78, 5) is 41.8. The quantitative estimate of drug-likeness (QED) is 0.257. The summed E-state index contributed by atoms with van der Waals surface area (Å²) in [6, 6.07) is 12.8. The van der Waals surface area contributed by atoms with Crippen molar-refractivity contribution >= 4 is 34.4 Å². The highest BCUT2D eigenvalue weighted by Crippen LogP contribution is 2.21. The summed E-state index contributed by atoms with van der Waals surface area (Å²) in [6.07, 6.45) is 0.0505. The summed E-state index contributed by atoms with van der Waals surface area (Å²) in [5.41, 5.74) is 2.93. The van der Waals surface area contributed by atoms with E-state index in [4.69, 9.17) is 0 Å². The van der Waals surface area contributed by atoms with E-state index in [1.807, 2.05) is 38.1 Å². The number of methoxy groups -OCH3 is 1. The number of thioether (sulfide) groups is 1. The van der Waals surface area contributed by atoms with E-state index in [1.165, 1.54) is 23.4 Å². The lowest BCUT2D eigenvalue weighted by atomic mass is 10.0. The number of aryl methyl sites for hydroxylation is 2. The molecule has 0 aliphatic heterocycles. The van der Waals surface area contributed by atoms with Crippen LogP contribution in [0.3, 0.4) is 0 Å². The highest BCUT2D eigenvalue weighted by Gasteiger charge is 2.16. The standard InChI is InChI=1S/C22H22N2O4S/c1-14-8-9-15(2)17(12-14)19(25)13-29-22-23-18-7-5-4-6-16(18)21(27)24(22)11-10-20(26)28-3/h4-9,12H,10-11,13H2,1-3H3. The van der Waals surface area contributed by atoms with E-state index in [1.54, 1.807) is 18.2 Å². The molecular formula is C22H22N2O4S. The van der Waals surface area contributed by atoms with Gasteiger partial charge in [0.2, 0.25) is 0 Å². The van der Waals surface area contributed by atoms with Gasteiger partial charge in [-0.25, -0.2) is 4.98 Å². The Labute approximate surface area is 172 Å². The van der Waals surface area contributed by atoms with Gasteiger partial charge in [0.25, 0.3) is 5.56 Å². The Balaban J connectivity index is 1.92. The Kier molecular flexibility index (Phi) is 6.49. The molecule has 0 spiro atoms. The average Bonchev–Trinajstić information content (AvgIpc) is 2.73. The molecule has 0 N–H and O–H groups in total. The maximum atomic E-state index is 12.9. The first-order valence-electron chi connectivity index (χ1n) is 9.20. The molecule has 3 rings (SSSR count). The summed E-state index contributed by atoms with van der Waals surface area (Å²) in [5, 5.41) is 0.888. The second kappa shape index (κ2) is 9.05. The Hall–Kier alpha value is -2.93. The number of ether oxygens (including phenoxy) is 1. The van der Waals surface area contributed by atoms with Crippen molar-refractivity contribution in [2.45, 2.75) is 32.0 Å². The number of esters is 1. The number of aromatic nitrogens is 2. The molecule has 2 aromatic carbocycles. The van der Waals surface area contributed by atoms with Crippen molar-refractivity contribution in [1.29, 1.82) is 0 Å². The lowest BCUT2D eigenvalue weighted by Gasteiger charge is -2.13. The average molecular weight is 410 g/mol. The van der Waals surface area contributed by atoms with Gasteiger partial charge in [-0.2, -0.15) is 0 Å². The van der Waals surface area contributed by atoms with Crippen molar-refractivity contribution < 1.29 is 14.3 Å². The minimum Gasteiger partial charge on any atom is -0.469 e. The third-order valence-electron chi connectivity index (χ3n) is 4.62. The monoisotopic (exact) mass is 410 g/mol. The first-order chi connectivity index (χ1) is 13.9. The Morgan fingerprint density at radius 2 is 1.90 bits per heavy atom. The number of nitrogens with zero attached hydrogens (tertiary/aromatic N) is 2. The molecule has 0 bridgehead atoms. The molecule has 0 fully saturated rings. The molecule has 3 aromatic rings. The zero-order valence-corrected chi connectivity index (χ0v) is 17.4. The molecule has 1 aromatic heterocycles. The molecule has 29 heavy (non-hydrogen) atoms. The number of rotatable bonds is 7. The molecule has 0 amide bonds. The minimum absolute atomic E-state index is 0.0295. The zero-order chi connectivity index (χ0) is 21.0. The Morgan fingerprint density at radius 3 is 2.66 bits per heavy atom.